The number of rotatable bonds is 6. The molecule has 2 fully saturated rings. The third-order valence-corrected chi connectivity index (χ3v) is 8.10. The number of nitrogens with zero attached hydrogens (tertiary/aromatic N) is 2. The van der Waals surface area contributed by atoms with Crippen LogP contribution in [0.25, 0.3) is 27.6 Å². The minimum Gasteiger partial charge on any atom is -0.506 e. The first-order valence-corrected chi connectivity index (χ1v) is 13.3. The van der Waals surface area contributed by atoms with E-state index in [9.17, 15) is 5.11 Å². The maximum Gasteiger partial charge on any atom is 0.140 e. The number of anilines is 2. The van der Waals surface area contributed by atoms with Gasteiger partial charge >= 0.3 is 0 Å². The summed E-state index contributed by atoms with van der Waals surface area (Å²) >= 11 is 6.26. The number of phenolic OH excluding ortho intramolecular Hbond substituents is 1. The van der Waals surface area contributed by atoms with E-state index in [1.54, 1.807) is 12.1 Å². The Labute approximate surface area is 218 Å². The zero-order valence-corrected chi connectivity index (χ0v) is 21.7. The van der Waals surface area contributed by atoms with E-state index in [1.165, 1.54) is 19.4 Å². The Kier molecular flexibility index (Phi) is 7.11. The standard InChI is InChI=1S/C29H36ClN5O/c1-17(2)24-14-33-26-8-5-19(20-12-25(30)28(32)27(36)13-20)11-23(26)29(24)34-22-6-3-18(4-7-22)15-35-10-9-21(31)16-35/h5,8,11-14,18,21-22,36H,1,3-4,6-7,9-10,15-16,31-32H2,2H3,(H,33,34). The summed E-state index contributed by atoms with van der Waals surface area (Å²) in [4.78, 5) is 7.25. The molecule has 1 atom stereocenters. The van der Waals surface area contributed by atoms with Gasteiger partial charge in [0.05, 0.1) is 21.9 Å². The van der Waals surface area contributed by atoms with Gasteiger partial charge in [0.2, 0.25) is 0 Å². The first kappa shape index (κ1) is 24.9. The average Bonchev–Trinajstić information content (AvgIpc) is 3.27. The highest BCUT2D eigenvalue weighted by atomic mass is 35.5. The fraction of sp³-hybridized carbons (Fsp3) is 0.414. The van der Waals surface area contributed by atoms with Crippen molar-refractivity contribution in [1.82, 2.24) is 9.88 Å². The van der Waals surface area contributed by atoms with Crippen molar-refractivity contribution in [2.75, 3.05) is 30.7 Å². The minimum absolute atomic E-state index is 0.0163. The van der Waals surface area contributed by atoms with Crippen molar-refractivity contribution < 1.29 is 5.11 Å². The Bertz CT molecular complexity index is 1260. The molecule has 2 aliphatic rings. The lowest BCUT2D eigenvalue weighted by Gasteiger charge is -2.33. The van der Waals surface area contributed by atoms with E-state index in [1.807, 2.05) is 25.3 Å². The molecular weight excluding hydrogens is 470 g/mol. The number of nitrogens with two attached hydrogens (primary N) is 2. The predicted octanol–water partition coefficient (Wildman–Crippen LogP) is 5.88. The van der Waals surface area contributed by atoms with Gasteiger partial charge in [0.25, 0.3) is 0 Å². The number of aromatic hydroxyl groups is 1. The van der Waals surface area contributed by atoms with Gasteiger partial charge in [0.1, 0.15) is 5.75 Å². The third-order valence-electron chi connectivity index (χ3n) is 7.79. The summed E-state index contributed by atoms with van der Waals surface area (Å²) in [7, 11) is 0. The molecule has 1 saturated heterocycles. The smallest absolute Gasteiger partial charge is 0.140 e. The highest BCUT2D eigenvalue weighted by Crippen LogP contribution is 2.38. The lowest BCUT2D eigenvalue weighted by atomic mass is 9.85. The molecule has 2 heterocycles. The molecule has 0 amide bonds. The molecule has 1 aliphatic heterocycles. The molecule has 5 rings (SSSR count). The summed E-state index contributed by atoms with van der Waals surface area (Å²) in [6.07, 6.45) is 7.78. The summed E-state index contributed by atoms with van der Waals surface area (Å²) in [6.45, 7) is 9.60. The number of hydrogen-bond donors (Lipinski definition) is 4. The number of fused-ring (bicyclic) bond motifs is 1. The van der Waals surface area contributed by atoms with Gasteiger partial charge in [-0.05, 0) is 92.5 Å². The van der Waals surface area contributed by atoms with Crippen LogP contribution in [-0.4, -0.2) is 46.7 Å². The molecule has 2 aromatic carbocycles. The highest BCUT2D eigenvalue weighted by molar-refractivity contribution is 6.33. The number of likely N-dealkylation sites (tertiary alicyclic amines) is 1. The lowest BCUT2D eigenvalue weighted by molar-refractivity contribution is 0.226. The minimum atomic E-state index is -0.0163. The van der Waals surface area contributed by atoms with Crippen LogP contribution in [0, 0.1) is 5.92 Å². The second-order valence-corrected chi connectivity index (χ2v) is 11.0. The number of nitrogen functional groups attached to an aromatic ring is 1. The topological polar surface area (TPSA) is 100 Å². The monoisotopic (exact) mass is 505 g/mol. The van der Waals surface area contributed by atoms with Gasteiger partial charge in [-0.2, -0.15) is 0 Å². The number of phenols is 1. The Morgan fingerprint density at radius 2 is 1.94 bits per heavy atom. The van der Waals surface area contributed by atoms with E-state index in [0.29, 0.717) is 17.1 Å². The van der Waals surface area contributed by atoms with Crippen molar-refractivity contribution in [3.8, 4) is 16.9 Å². The maximum atomic E-state index is 10.2. The van der Waals surface area contributed by atoms with E-state index < -0.39 is 0 Å². The van der Waals surface area contributed by atoms with Crippen molar-refractivity contribution in [2.45, 2.75) is 51.1 Å². The van der Waals surface area contributed by atoms with Crippen LogP contribution < -0.4 is 16.8 Å². The van der Waals surface area contributed by atoms with Crippen LogP contribution in [0.4, 0.5) is 11.4 Å². The van der Waals surface area contributed by atoms with E-state index in [4.69, 9.17) is 28.1 Å². The van der Waals surface area contributed by atoms with Crippen molar-refractivity contribution in [3.05, 3.63) is 53.7 Å². The molecule has 0 bridgehead atoms. The molecule has 7 heteroatoms. The molecule has 1 aromatic heterocycles. The molecule has 0 spiro atoms. The maximum absolute atomic E-state index is 10.2. The second kappa shape index (κ2) is 10.3. The largest absolute Gasteiger partial charge is 0.506 e. The van der Waals surface area contributed by atoms with Gasteiger partial charge in [-0.15, -0.1) is 0 Å². The van der Waals surface area contributed by atoms with E-state index >= 15 is 0 Å². The molecule has 36 heavy (non-hydrogen) atoms. The molecular formula is C29H36ClN5O. The number of halogens is 1. The van der Waals surface area contributed by atoms with Crippen LogP contribution in [0.15, 0.2) is 43.1 Å². The molecule has 0 radical (unpaired) electrons. The first-order valence-electron chi connectivity index (χ1n) is 12.9. The first-order chi connectivity index (χ1) is 17.3. The number of allylic oxidation sites excluding steroid dienone is 1. The molecule has 6 nitrogen and oxygen atoms in total. The zero-order chi connectivity index (χ0) is 25.4. The molecule has 1 unspecified atom stereocenters. The van der Waals surface area contributed by atoms with E-state index in [-0.39, 0.29) is 11.4 Å². The Morgan fingerprint density at radius 3 is 2.61 bits per heavy atom. The van der Waals surface area contributed by atoms with Gasteiger partial charge in [-0.25, -0.2) is 0 Å². The SMILES string of the molecule is C=C(C)c1cnc2ccc(-c3cc(O)c(N)c(Cl)c3)cc2c1NC1CCC(CN2CCC(N)C2)CC1. The predicted molar refractivity (Wildman–Crippen MR) is 151 cm³/mol. The average molecular weight is 506 g/mol. The second-order valence-electron chi connectivity index (χ2n) is 10.6. The summed E-state index contributed by atoms with van der Waals surface area (Å²) in [6, 6.07) is 10.3. The number of nitrogens with one attached hydrogen (secondary N) is 1. The molecule has 190 valence electrons. The highest BCUT2D eigenvalue weighted by Gasteiger charge is 2.27. The van der Waals surface area contributed by atoms with Crippen LogP contribution in [-0.2, 0) is 0 Å². The Balaban J connectivity index is 1.40. The van der Waals surface area contributed by atoms with Crippen molar-refractivity contribution in [3.63, 3.8) is 0 Å². The lowest BCUT2D eigenvalue weighted by Crippen LogP contribution is -2.34. The quantitative estimate of drug-likeness (QED) is 0.246. The Hall–Kier alpha value is -2.80. The summed E-state index contributed by atoms with van der Waals surface area (Å²) in [5, 5.41) is 15.5. The number of aromatic nitrogens is 1. The van der Waals surface area contributed by atoms with Gasteiger partial charge in [0, 0.05) is 42.3 Å². The fourth-order valence-electron chi connectivity index (χ4n) is 5.71. The van der Waals surface area contributed by atoms with Crippen LogP contribution in [0.3, 0.4) is 0 Å². The van der Waals surface area contributed by atoms with Crippen molar-refractivity contribution in [1.29, 1.82) is 0 Å². The summed E-state index contributed by atoms with van der Waals surface area (Å²) in [5.74, 6) is 0.732. The third kappa shape index (κ3) is 5.17. The van der Waals surface area contributed by atoms with Crippen molar-refractivity contribution in [2.24, 2.45) is 11.7 Å². The summed E-state index contributed by atoms with van der Waals surface area (Å²) in [5.41, 5.74) is 17.9. The van der Waals surface area contributed by atoms with Crippen LogP contribution in [0.2, 0.25) is 5.02 Å². The van der Waals surface area contributed by atoms with Gasteiger partial charge in [0.15, 0.2) is 0 Å². The van der Waals surface area contributed by atoms with Crippen LogP contribution >= 0.6 is 11.6 Å². The zero-order valence-electron chi connectivity index (χ0n) is 20.9. The molecule has 1 saturated carbocycles. The molecule has 1 aliphatic carbocycles. The fourth-order valence-corrected chi connectivity index (χ4v) is 5.92. The molecule has 3 aromatic rings. The normalized spacial score (nSPS) is 22.7. The summed E-state index contributed by atoms with van der Waals surface area (Å²) < 4.78 is 0. The van der Waals surface area contributed by atoms with E-state index in [0.717, 1.165) is 77.1 Å². The van der Waals surface area contributed by atoms with Crippen LogP contribution in [0.1, 0.15) is 44.6 Å². The number of hydrogen-bond acceptors (Lipinski definition) is 6. The van der Waals surface area contributed by atoms with Crippen molar-refractivity contribution >= 4 is 39.5 Å². The van der Waals surface area contributed by atoms with Gasteiger partial charge < -0.3 is 26.8 Å². The van der Waals surface area contributed by atoms with E-state index in [2.05, 4.69) is 22.9 Å². The number of pyridine rings is 1. The van der Waals surface area contributed by atoms with Crippen LogP contribution in [0.5, 0.6) is 5.75 Å². The Morgan fingerprint density at radius 1 is 1.17 bits per heavy atom. The van der Waals surface area contributed by atoms with Gasteiger partial charge in [-0.3, -0.25) is 4.98 Å². The van der Waals surface area contributed by atoms with Gasteiger partial charge in [-0.1, -0.05) is 24.2 Å². The number of benzene rings is 2. The molecule has 6 N–H and O–H groups in total.